The Morgan fingerprint density at radius 1 is 1.54 bits per heavy atom. The number of nitrogens with two attached hydrogens (primary N) is 1. The van der Waals surface area contributed by atoms with Gasteiger partial charge in [0.2, 0.25) is 0 Å². The maximum atomic E-state index is 5.79. The molecule has 1 saturated heterocycles. The normalized spacial score (nSPS) is 31.3. The van der Waals surface area contributed by atoms with Gasteiger partial charge in [0.05, 0.1) is 0 Å². The van der Waals surface area contributed by atoms with E-state index in [4.69, 9.17) is 5.73 Å². The molecular formula is C11H22N2. The molecule has 1 fully saturated rings. The molecule has 2 N–H and O–H groups in total. The predicted octanol–water partition coefficient (Wildman–Crippen LogP) is 1.62. The van der Waals surface area contributed by atoms with E-state index in [1.807, 2.05) is 0 Å². The van der Waals surface area contributed by atoms with Gasteiger partial charge in [-0.1, -0.05) is 19.1 Å². The van der Waals surface area contributed by atoms with Crippen LogP contribution in [0.25, 0.3) is 0 Å². The van der Waals surface area contributed by atoms with Gasteiger partial charge in [0.15, 0.2) is 0 Å². The fourth-order valence-corrected chi connectivity index (χ4v) is 2.18. The van der Waals surface area contributed by atoms with Crippen molar-refractivity contribution in [3.8, 4) is 0 Å². The Morgan fingerprint density at radius 3 is 2.92 bits per heavy atom. The Balaban J connectivity index is 2.48. The molecule has 1 heterocycles. The third-order valence-corrected chi connectivity index (χ3v) is 3.05. The number of hydrogen-bond acceptors (Lipinski definition) is 2. The average Bonchev–Trinajstić information content (AvgIpc) is 2.15. The summed E-state index contributed by atoms with van der Waals surface area (Å²) in [6, 6.07) is 0.602. The van der Waals surface area contributed by atoms with Gasteiger partial charge >= 0.3 is 0 Å². The molecule has 0 saturated carbocycles. The minimum Gasteiger partial charge on any atom is -0.329 e. The van der Waals surface area contributed by atoms with Crippen molar-refractivity contribution in [3.63, 3.8) is 0 Å². The third-order valence-electron chi connectivity index (χ3n) is 3.05. The summed E-state index contributed by atoms with van der Waals surface area (Å²) in [5, 5.41) is 0. The van der Waals surface area contributed by atoms with Crippen LogP contribution in [0, 0.1) is 5.92 Å². The highest BCUT2D eigenvalue weighted by Gasteiger charge is 2.25. The molecule has 0 bridgehead atoms. The zero-order valence-electron chi connectivity index (χ0n) is 8.87. The Bertz CT molecular complexity index is 165. The van der Waals surface area contributed by atoms with E-state index < -0.39 is 0 Å². The Kier molecular flexibility index (Phi) is 4.46. The molecule has 2 atom stereocenters. The molecule has 0 aliphatic carbocycles. The molecule has 1 aliphatic heterocycles. The number of allylic oxidation sites excluding steroid dienone is 1. The van der Waals surface area contributed by atoms with E-state index in [-0.39, 0.29) is 0 Å². The molecule has 0 aromatic rings. The van der Waals surface area contributed by atoms with Crippen LogP contribution in [0.3, 0.4) is 0 Å². The van der Waals surface area contributed by atoms with Crippen LogP contribution in [-0.2, 0) is 0 Å². The third kappa shape index (κ3) is 2.82. The van der Waals surface area contributed by atoms with Crippen molar-refractivity contribution >= 4 is 0 Å². The van der Waals surface area contributed by atoms with Crippen LogP contribution >= 0.6 is 0 Å². The monoisotopic (exact) mass is 182 g/mol. The molecule has 2 unspecified atom stereocenters. The second-order valence-electron chi connectivity index (χ2n) is 3.99. The first-order valence-electron chi connectivity index (χ1n) is 5.35. The summed E-state index contributed by atoms with van der Waals surface area (Å²) < 4.78 is 0. The molecule has 0 amide bonds. The van der Waals surface area contributed by atoms with Gasteiger partial charge < -0.3 is 5.73 Å². The second kappa shape index (κ2) is 5.40. The van der Waals surface area contributed by atoms with Crippen molar-refractivity contribution in [2.45, 2.75) is 32.7 Å². The SMILES string of the molecule is CC=CCN1CCCC(C)C1CN. The summed E-state index contributed by atoms with van der Waals surface area (Å²) >= 11 is 0. The van der Waals surface area contributed by atoms with E-state index in [1.54, 1.807) is 0 Å². The zero-order chi connectivity index (χ0) is 9.68. The van der Waals surface area contributed by atoms with Crippen LogP contribution in [0.5, 0.6) is 0 Å². The molecule has 0 aromatic heterocycles. The smallest absolute Gasteiger partial charge is 0.0247 e. The largest absolute Gasteiger partial charge is 0.329 e. The van der Waals surface area contributed by atoms with Crippen molar-refractivity contribution in [1.82, 2.24) is 4.90 Å². The molecule has 0 spiro atoms. The highest BCUT2D eigenvalue weighted by atomic mass is 15.2. The Morgan fingerprint density at radius 2 is 2.31 bits per heavy atom. The quantitative estimate of drug-likeness (QED) is 0.672. The molecule has 13 heavy (non-hydrogen) atoms. The van der Waals surface area contributed by atoms with Crippen molar-refractivity contribution in [2.75, 3.05) is 19.6 Å². The summed E-state index contributed by atoms with van der Waals surface area (Å²) in [7, 11) is 0. The minimum atomic E-state index is 0.602. The van der Waals surface area contributed by atoms with Crippen LogP contribution in [-0.4, -0.2) is 30.6 Å². The van der Waals surface area contributed by atoms with Gasteiger partial charge in [-0.3, -0.25) is 4.90 Å². The summed E-state index contributed by atoms with van der Waals surface area (Å²) in [6.07, 6.45) is 7.01. The maximum absolute atomic E-state index is 5.79. The first-order chi connectivity index (χ1) is 6.29. The molecule has 2 heteroatoms. The van der Waals surface area contributed by atoms with Gasteiger partial charge in [0.25, 0.3) is 0 Å². The van der Waals surface area contributed by atoms with Crippen molar-refractivity contribution in [3.05, 3.63) is 12.2 Å². The zero-order valence-corrected chi connectivity index (χ0v) is 8.87. The van der Waals surface area contributed by atoms with Gasteiger partial charge in [-0.15, -0.1) is 0 Å². The summed E-state index contributed by atoms with van der Waals surface area (Å²) in [4.78, 5) is 2.51. The molecule has 0 aromatic carbocycles. The van der Waals surface area contributed by atoms with E-state index in [0.717, 1.165) is 19.0 Å². The lowest BCUT2D eigenvalue weighted by molar-refractivity contribution is 0.120. The van der Waals surface area contributed by atoms with Crippen molar-refractivity contribution in [1.29, 1.82) is 0 Å². The van der Waals surface area contributed by atoms with Crippen LogP contribution in [0.2, 0.25) is 0 Å². The number of likely N-dealkylation sites (tertiary alicyclic amines) is 1. The maximum Gasteiger partial charge on any atom is 0.0247 e. The average molecular weight is 182 g/mol. The van der Waals surface area contributed by atoms with Gasteiger partial charge in [-0.05, 0) is 32.2 Å². The van der Waals surface area contributed by atoms with E-state index in [1.165, 1.54) is 19.4 Å². The Labute approximate surface area is 81.8 Å². The second-order valence-corrected chi connectivity index (χ2v) is 3.99. The lowest BCUT2D eigenvalue weighted by atomic mass is 9.91. The number of nitrogens with zero attached hydrogens (tertiary/aromatic N) is 1. The first kappa shape index (κ1) is 10.7. The van der Waals surface area contributed by atoms with Gasteiger partial charge in [0.1, 0.15) is 0 Å². The highest BCUT2D eigenvalue weighted by molar-refractivity contribution is 4.89. The van der Waals surface area contributed by atoms with Crippen LogP contribution in [0.15, 0.2) is 12.2 Å². The van der Waals surface area contributed by atoms with Gasteiger partial charge in [0, 0.05) is 19.1 Å². The lowest BCUT2D eigenvalue weighted by Crippen LogP contribution is -2.48. The predicted molar refractivity (Wildman–Crippen MR) is 57.6 cm³/mol. The van der Waals surface area contributed by atoms with E-state index >= 15 is 0 Å². The van der Waals surface area contributed by atoms with E-state index in [9.17, 15) is 0 Å². The van der Waals surface area contributed by atoms with Crippen LogP contribution < -0.4 is 5.73 Å². The molecule has 1 aliphatic rings. The van der Waals surface area contributed by atoms with E-state index in [0.29, 0.717) is 6.04 Å². The summed E-state index contributed by atoms with van der Waals surface area (Å²) in [5.41, 5.74) is 5.79. The standard InChI is InChI=1S/C11H22N2/c1-3-4-7-13-8-5-6-10(2)11(13)9-12/h3-4,10-11H,5-9,12H2,1-2H3. The number of piperidine rings is 1. The van der Waals surface area contributed by atoms with Crippen LogP contribution in [0.4, 0.5) is 0 Å². The molecule has 2 nitrogen and oxygen atoms in total. The minimum absolute atomic E-state index is 0.602. The van der Waals surface area contributed by atoms with Crippen LogP contribution in [0.1, 0.15) is 26.7 Å². The number of rotatable bonds is 3. The molecule has 1 rings (SSSR count). The highest BCUT2D eigenvalue weighted by Crippen LogP contribution is 2.22. The van der Waals surface area contributed by atoms with Crippen molar-refractivity contribution < 1.29 is 0 Å². The molecule has 0 radical (unpaired) electrons. The molecular weight excluding hydrogens is 160 g/mol. The molecule has 76 valence electrons. The van der Waals surface area contributed by atoms with Crippen molar-refractivity contribution in [2.24, 2.45) is 11.7 Å². The fourth-order valence-electron chi connectivity index (χ4n) is 2.18. The van der Waals surface area contributed by atoms with E-state index in [2.05, 4.69) is 30.9 Å². The summed E-state index contributed by atoms with van der Waals surface area (Å²) in [6.45, 7) is 7.49. The van der Waals surface area contributed by atoms with Gasteiger partial charge in [-0.25, -0.2) is 0 Å². The Hall–Kier alpha value is -0.340. The lowest BCUT2D eigenvalue weighted by Gasteiger charge is -2.38. The number of hydrogen-bond donors (Lipinski definition) is 1. The fraction of sp³-hybridized carbons (Fsp3) is 0.818. The first-order valence-corrected chi connectivity index (χ1v) is 5.35. The van der Waals surface area contributed by atoms with Gasteiger partial charge in [-0.2, -0.15) is 0 Å². The topological polar surface area (TPSA) is 29.3 Å². The summed E-state index contributed by atoms with van der Waals surface area (Å²) in [5.74, 6) is 0.768.